The lowest BCUT2D eigenvalue weighted by atomic mass is 10.2. The first kappa shape index (κ1) is 17.0. The summed E-state index contributed by atoms with van der Waals surface area (Å²) in [5.41, 5.74) is 5.96. The van der Waals surface area contributed by atoms with Gasteiger partial charge < -0.3 is 9.30 Å². The maximum absolute atomic E-state index is 12.2. The first-order valence-electron chi connectivity index (χ1n) is 8.39. The molecule has 3 rings (SSSR count). The summed E-state index contributed by atoms with van der Waals surface area (Å²) < 4.78 is 9.37. The molecule has 0 aliphatic heterocycles. The number of rotatable bonds is 5. The van der Waals surface area contributed by atoms with E-state index in [0.717, 1.165) is 28.5 Å². The zero-order chi connectivity index (χ0) is 18.0. The topological polar surface area (TPSA) is 49.0 Å². The number of aryl methyl sites for hydroxylation is 4. The Morgan fingerprint density at radius 3 is 2.16 bits per heavy atom. The van der Waals surface area contributed by atoms with Gasteiger partial charge in [-0.15, -0.1) is 0 Å². The van der Waals surface area contributed by atoms with Crippen LogP contribution in [0, 0.1) is 27.7 Å². The van der Waals surface area contributed by atoms with Crippen molar-refractivity contribution in [3.8, 4) is 5.69 Å². The van der Waals surface area contributed by atoms with Gasteiger partial charge in [-0.05, 0) is 70.2 Å². The molecule has 0 radical (unpaired) electrons. The molecule has 1 aromatic carbocycles. The highest BCUT2D eigenvalue weighted by molar-refractivity contribution is 5.89. The molecule has 0 unspecified atom stereocenters. The van der Waals surface area contributed by atoms with Crippen molar-refractivity contribution in [1.82, 2.24) is 14.3 Å². The van der Waals surface area contributed by atoms with Gasteiger partial charge in [0.1, 0.15) is 6.61 Å². The number of benzene rings is 1. The smallest absolute Gasteiger partial charge is 0.338 e. The number of aromatic nitrogens is 3. The van der Waals surface area contributed by atoms with Crippen molar-refractivity contribution < 1.29 is 9.53 Å². The fraction of sp³-hybridized carbons (Fsp3) is 0.300. The lowest BCUT2D eigenvalue weighted by Gasteiger charge is -2.10. The van der Waals surface area contributed by atoms with Crippen LogP contribution in [0.4, 0.5) is 0 Å². The molecule has 2 aromatic heterocycles. The van der Waals surface area contributed by atoms with Gasteiger partial charge in [0.15, 0.2) is 0 Å². The summed E-state index contributed by atoms with van der Waals surface area (Å²) in [5.74, 6) is -0.311. The fourth-order valence-electron chi connectivity index (χ4n) is 3.03. The van der Waals surface area contributed by atoms with E-state index in [0.29, 0.717) is 18.7 Å². The number of nitrogens with zero attached hydrogens (tertiary/aromatic N) is 3. The Bertz CT molecular complexity index is 869. The van der Waals surface area contributed by atoms with Crippen LogP contribution >= 0.6 is 0 Å². The molecule has 3 aromatic rings. The van der Waals surface area contributed by atoms with Crippen molar-refractivity contribution >= 4 is 5.97 Å². The first-order chi connectivity index (χ1) is 12.0. The van der Waals surface area contributed by atoms with Crippen LogP contribution in [0.1, 0.15) is 33.1 Å². The lowest BCUT2D eigenvalue weighted by molar-refractivity contribution is 0.0487. The van der Waals surface area contributed by atoms with E-state index in [-0.39, 0.29) is 5.97 Å². The van der Waals surface area contributed by atoms with Crippen molar-refractivity contribution in [2.24, 2.45) is 0 Å². The average molecular weight is 337 g/mol. The van der Waals surface area contributed by atoms with E-state index in [9.17, 15) is 4.79 Å². The van der Waals surface area contributed by atoms with E-state index >= 15 is 0 Å². The van der Waals surface area contributed by atoms with Crippen LogP contribution in [0.3, 0.4) is 0 Å². The van der Waals surface area contributed by atoms with E-state index in [1.165, 1.54) is 0 Å². The molecule has 0 aliphatic carbocycles. The van der Waals surface area contributed by atoms with Crippen LogP contribution in [-0.4, -0.2) is 26.9 Å². The molecule has 130 valence electrons. The summed E-state index contributed by atoms with van der Waals surface area (Å²) in [6.45, 7) is 8.93. The van der Waals surface area contributed by atoms with Crippen LogP contribution in [0.15, 0.2) is 42.5 Å². The highest BCUT2D eigenvalue weighted by Crippen LogP contribution is 2.17. The maximum Gasteiger partial charge on any atom is 0.338 e. The standard InChI is InChI=1S/C20H23N3O2/c1-14-13-17(4)22(21-14)11-12-25-20(24)18-7-9-19(10-8-18)23-15(2)5-6-16(23)3/h5-10,13H,11-12H2,1-4H3. The molecule has 0 aliphatic rings. The summed E-state index contributed by atoms with van der Waals surface area (Å²) in [6, 6.07) is 13.7. The van der Waals surface area contributed by atoms with Crippen LogP contribution in [0.2, 0.25) is 0 Å². The predicted molar refractivity (Wildman–Crippen MR) is 97.2 cm³/mol. The van der Waals surface area contributed by atoms with Crippen molar-refractivity contribution in [3.05, 3.63) is 70.8 Å². The zero-order valence-electron chi connectivity index (χ0n) is 15.1. The van der Waals surface area contributed by atoms with Gasteiger partial charge >= 0.3 is 5.97 Å². The minimum atomic E-state index is -0.311. The highest BCUT2D eigenvalue weighted by atomic mass is 16.5. The fourth-order valence-corrected chi connectivity index (χ4v) is 3.03. The van der Waals surface area contributed by atoms with Gasteiger partial charge in [0.05, 0.1) is 17.8 Å². The molecule has 0 bridgehead atoms. The number of hydrogen-bond acceptors (Lipinski definition) is 3. The SMILES string of the molecule is Cc1cc(C)n(CCOC(=O)c2ccc(-n3c(C)ccc3C)cc2)n1. The van der Waals surface area contributed by atoms with Crippen molar-refractivity contribution in [1.29, 1.82) is 0 Å². The molecular weight excluding hydrogens is 314 g/mol. The Balaban J connectivity index is 1.62. The van der Waals surface area contributed by atoms with E-state index in [1.807, 2.05) is 36.7 Å². The maximum atomic E-state index is 12.2. The van der Waals surface area contributed by atoms with Gasteiger partial charge in [-0.3, -0.25) is 4.68 Å². The summed E-state index contributed by atoms with van der Waals surface area (Å²) in [7, 11) is 0. The second-order valence-electron chi connectivity index (χ2n) is 6.28. The third-order valence-corrected chi connectivity index (χ3v) is 4.27. The Kier molecular flexibility index (Phi) is 4.74. The third kappa shape index (κ3) is 3.65. The molecular formula is C20H23N3O2. The monoisotopic (exact) mass is 337 g/mol. The Morgan fingerprint density at radius 2 is 1.60 bits per heavy atom. The molecule has 0 fully saturated rings. The molecule has 0 spiro atoms. The number of esters is 1. The molecule has 0 amide bonds. The number of carbonyl (C=O) groups is 1. The van der Waals surface area contributed by atoms with Gasteiger partial charge in [0.25, 0.3) is 0 Å². The number of carbonyl (C=O) groups excluding carboxylic acids is 1. The van der Waals surface area contributed by atoms with E-state index in [4.69, 9.17) is 4.74 Å². The van der Waals surface area contributed by atoms with Gasteiger partial charge in [0, 0.05) is 22.8 Å². The number of hydrogen-bond donors (Lipinski definition) is 0. The van der Waals surface area contributed by atoms with E-state index in [2.05, 4.69) is 35.6 Å². The quantitative estimate of drug-likeness (QED) is 0.666. The van der Waals surface area contributed by atoms with Crippen LogP contribution in [0.25, 0.3) is 5.69 Å². The molecule has 5 nitrogen and oxygen atoms in total. The molecule has 25 heavy (non-hydrogen) atoms. The lowest BCUT2D eigenvalue weighted by Crippen LogP contribution is -2.13. The Hall–Kier alpha value is -2.82. The second kappa shape index (κ2) is 6.97. The van der Waals surface area contributed by atoms with Crippen molar-refractivity contribution in [3.63, 3.8) is 0 Å². The van der Waals surface area contributed by atoms with E-state index < -0.39 is 0 Å². The molecule has 2 heterocycles. The van der Waals surface area contributed by atoms with Crippen LogP contribution in [0.5, 0.6) is 0 Å². The first-order valence-corrected chi connectivity index (χ1v) is 8.39. The normalized spacial score (nSPS) is 10.9. The molecule has 0 saturated carbocycles. The number of ether oxygens (including phenoxy) is 1. The van der Waals surface area contributed by atoms with Crippen molar-refractivity contribution in [2.75, 3.05) is 6.61 Å². The summed E-state index contributed by atoms with van der Waals surface area (Å²) in [4.78, 5) is 12.2. The Morgan fingerprint density at radius 1 is 0.960 bits per heavy atom. The minimum absolute atomic E-state index is 0.304. The Labute approximate surface area is 147 Å². The summed E-state index contributed by atoms with van der Waals surface area (Å²) >= 11 is 0. The third-order valence-electron chi connectivity index (χ3n) is 4.27. The highest BCUT2D eigenvalue weighted by Gasteiger charge is 2.09. The predicted octanol–water partition coefficient (Wildman–Crippen LogP) is 3.76. The van der Waals surface area contributed by atoms with Gasteiger partial charge in [-0.1, -0.05) is 0 Å². The van der Waals surface area contributed by atoms with Crippen LogP contribution < -0.4 is 0 Å². The molecule has 0 N–H and O–H groups in total. The van der Waals surface area contributed by atoms with Gasteiger partial charge in [-0.2, -0.15) is 5.10 Å². The molecule has 0 saturated heterocycles. The summed E-state index contributed by atoms with van der Waals surface area (Å²) in [6.07, 6.45) is 0. The van der Waals surface area contributed by atoms with Gasteiger partial charge in [-0.25, -0.2) is 4.79 Å². The van der Waals surface area contributed by atoms with E-state index in [1.54, 1.807) is 12.1 Å². The average Bonchev–Trinajstić information content (AvgIpc) is 3.08. The summed E-state index contributed by atoms with van der Waals surface area (Å²) in [5, 5.41) is 4.36. The van der Waals surface area contributed by atoms with Crippen molar-refractivity contribution in [2.45, 2.75) is 34.2 Å². The van der Waals surface area contributed by atoms with Crippen LogP contribution in [-0.2, 0) is 11.3 Å². The minimum Gasteiger partial charge on any atom is -0.460 e. The van der Waals surface area contributed by atoms with Gasteiger partial charge in [0.2, 0.25) is 0 Å². The molecule has 5 heteroatoms. The molecule has 0 atom stereocenters. The largest absolute Gasteiger partial charge is 0.460 e. The zero-order valence-corrected chi connectivity index (χ0v) is 15.1. The second-order valence-corrected chi connectivity index (χ2v) is 6.28.